The average Bonchev–Trinajstić information content (AvgIpc) is 2.76. The number of hydrogen-bond acceptors (Lipinski definition) is 6. The Labute approximate surface area is 173 Å². The maximum atomic E-state index is 12.5. The number of aromatic nitrogens is 2. The quantitative estimate of drug-likeness (QED) is 0.194. The standard InChI is InChI=1S/C23H20N2O3S/c1-15-20-14-17(27-2)10-11-21(20)25-23(24-15)29-13-12-28-22(26)19-9-5-7-16-6-3-4-8-18(16)19/h3-11,14H,12-13H2,1-2H3. The number of rotatable bonds is 6. The van der Waals surface area contributed by atoms with Crippen LogP contribution in [-0.2, 0) is 4.74 Å². The lowest BCUT2D eigenvalue weighted by Gasteiger charge is -2.08. The fraction of sp³-hybridized carbons (Fsp3) is 0.174. The lowest BCUT2D eigenvalue weighted by atomic mass is 10.1. The molecule has 5 nitrogen and oxygen atoms in total. The summed E-state index contributed by atoms with van der Waals surface area (Å²) in [6.45, 7) is 2.24. The molecule has 0 bridgehead atoms. The summed E-state index contributed by atoms with van der Waals surface area (Å²) in [7, 11) is 1.64. The Kier molecular flexibility index (Phi) is 5.62. The van der Waals surface area contributed by atoms with E-state index in [1.807, 2.05) is 61.5 Å². The van der Waals surface area contributed by atoms with Crippen molar-refractivity contribution < 1.29 is 14.3 Å². The molecule has 0 N–H and O–H groups in total. The fourth-order valence-electron chi connectivity index (χ4n) is 3.17. The lowest BCUT2D eigenvalue weighted by molar-refractivity contribution is 0.0532. The first-order valence-electron chi connectivity index (χ1n) is 9.26. The highest BCUT2D eigenvalue weighted by Gasteiger charge is 2.11. The number of benzene rings is 3. The number of hydrogen-bond donors (Lipinski definition) is 0. The van der Waals surface area contributed by atoms with Crippen molar-refractivity contribution in [2.45, 2.75) is 12.1 Å². The fourth-order valence-corrected chi connectivity index (χ4v) is 3.89. The van der Waals surface area contributed by atoms with Crippen molar-refractivity contribution in [3.8, 4) is 5.75 Å². The van der Waals surface area contributed by atoms with Crippen LogP contribution in [0.2, 0.25) is 0 Å². The van der Waals surface area contributed by atoms with Gasteiger partial charge in [-0.2, -0.15) is 0 Å². The minimum Gasteiger partial charge on any atom is -0.497 e. The van der Waals surface area contributed by atoms with E-state index in [0.717, 1.165) is 33.1 Å². The van der Waals surface area contributed by atoms with Crippen LogP contribution in [-0.4, -0.2) is 35.4 Å². The van der Waals surface area contributed by atoms with Crippen molar-refractivity contribution in [2.24, 2.45) is 0 Å². The highest BCUT2D eigenvalue weighted by atomic mass is 32.2. The second-order valence-electron chi connectivity index (χ2n) is 6.49. The van der Waals surface area contributed by atoms with Crippen LogP contribution in [0, 0.1) is 6.92 Å². The molecule has 3 aromatic carbocycles. The van der Waals surface area contributed by atoms with Crippen LogP contribution in [0.25, 0.3) is 21.7 Å². The molecule has 0 amide bonds. The average molecular weight is 404 g/mol. The molecule has 0 aliphatic rings. The number of fused-ring (bicyclic) bond motifs is 2. The summed E-state index contributed by atoms with van der Waals surface area (Å²) in [5, 5.41) is 3.56. The molecule has 4 rings (SSSR count). The molecule has 29 heavy (non-hydrogen) atoms. The Bertz CT molecular complexity index is 1190. The Morgan fingerprint density at radius 2 is 1.83 bits per heavy atom. The van der Waals surface area contributed by atoms with Gasteiger partial charge in [-0.25, -0.2) is 14.8 Å². The van der Waals surface area contributed by atoms with E-state index in [2.05, 4.69) is 9.97 Å². The van der Waals surface area contributed by atoms with Gasteiger partial charge in [0.05, 0.1) is 18.2 Å². The van der Waals surface area contributed by atoms with Crippen molar-refractivity contribution in [3.05, 3.63) is 71.9 Å². The Balaban J connectivity index is 1.39. The second-order valence-corrected chi connectivity index (χ2v) is 7.55. The number of ether oxygens (including phenoxy) is 2. The summed E-state index contributed by atoms with van der Waals surface area (Å²) < 4.78 is 10.7. The molecule has 0 aliphatic carbocycles. The molecule has 6 heteroatoms. The summed E-state index contributed by atoms with van der Waals surface area (Å²) in [5.41, 5.74) is 2.34. The highest BCUT2D eigenvalue weighted by Crippen LogP contribution is 2.24. The normalized spacial score (nSPS) is 11.0. The number of aryl methyl sites for hydroxylation is 1. The number of carbonyl (C=O) groups excluding carboxylic acids is 1. The van der Waals surface area contributed by atoms with E-state index >= 15 is 0 Å². The minimum absolute atomic E-state index is 0.287. The first-order chi connectivity index (χ1) is 14.2. The molecule has 0 radical (unpaired) electrons. The molecule has 0 unspecified atom stereocenters. The van der Waals surface area contributed by atoms with Crippen molar-refractivity contribution in [1.29, 1.82) is 0 Å². The highest BCUT2D eigenvalue weighted by molar-refractivity contribution is 7.99. The summed E-state index contributed by atoms with van der Waals surface area (Å²) in [5.74, 6) is 1.05. The van der Waals surface area contributed by atoms with Crippen LogP contribution in [0.4, 0.5) is 0 Å². The predicted molar refractivity (Wildman–Crippen MR) is 116 cm³/mol. The van der Waals surface area contributed by atoms with Crippen LogP contribution in [0.15, 0.2) is 65.8 Å². The topological polar surface area (TPSA) is 61.3 Å². The van der Waals surface area contributed by atoms with Gasteiger partial charge in [-0.3, -0.25) is 0 Å². The molecular formula is C23H20N2O3S. The molecule has 0 fully saturated rings. The minimum atomic E-state index is -0.315. The maximum absolute atomic E-state index is 12.5. The predicted octanol–water partition coefficient (Wildman–Crippen LogP) is 5.05. The third kappa shape index (κ3) is 4.17. The van der Waals surface area contributed by atoms with Gasteiger partial charge in [-0.05, 0) is 42.0 Å². The van der Waals surface area contributed by atoms with Crippen molar-refractivity contribution in [2.75, 3.05) is 19.5 Å². The maximum Gasteiger partial charge on any atom is 0.338 e. The number of nitrogens with zero attached hydrogens (tertiary/aromatic N) is 2. The zero-order valence-corrected chi connectivity index (χ0v) is 17.0. The van der Waals surface area contributed by atoms with Gasteiger partial charge < -0.3 is 9.47 Å². The van der Waals surface area contributed by atoms with Crippen LogP contribution < -0.4 is 4.74 Å². The third-order valence-corrected chi connectivity index (χ3v) is 5.44. The van der Waals surface area contributed by atoms with Gasteiger partial charge in [0.25, 0.3) is 0 Å². The van der Waals surface area contributed by atoms with Gasteiger partial charge in [0.15, 0.2) is 5.16 Å². The van der Waals surface area contributed by atoms with E-state index in [1.165, 1.54) is 11.8 Å². The zero-order valence-electron chi connectivity index (χ0n) is 16.2. The molecular weight excluding hydrogens is 384 g/mol. The number of methoxy groups -OCH3 is 1. The Morgan fingerprint density at radius 3 is 2.69 bits per heavy atom. The Morgan fingerprint density at radius 1 is 1.00 bits per heavy atom. The van der Waals surface area contributed by atoms with Gasteiger partial charge >= 0.3 is 5.97 Å². The summed E-state index contributed by atoms with van der Waals surface area (Å²) in [6, 6.07) is 19.2. The molecule has 4 aromatic rings. The van der Waals surface area contributed by atoms with Crippen molar-refractivity contribution in [1.82, 2.24) is 9.97 Å². The summed E-state index contributed by atoms with van der Waals surface area (Å²) in [6.07, 6.45) is 0. The molecule has 146 valence electrons. The van der Waals surface area contributed by atoms with Crippen LogP contribution in [0.1, 0.15) is 16.1 Å². The third-order valence-electron chi connectivity index (χ3n) is 4.63. The van der Waals surface area contributed by atoms with Crippen LogP contribution in [0.3, 0.4) is 0 Å². The molecule has 0 saturated carbocycles. The van der Waals surface area contributed by atoms with Gasteiger partial charge in [0.1, 0.15) is 12.4 Å². The summed E-state index contributed by atoms with van der Waals surface area (Å²) in [4.78, 5) is 21.6. The Hall–Kier alpha value is -3.12. The molecule has 0 saturated heterocycles. The van der Waals surface area contributed by atoms with Crippen LogP contribution in [0.5, 0.6) is 5.75 Å². The molecule has 0 spiro atoms. The lowest BCUT2D eigenvalue weighted by Crippen LogP contribution is -2.08. The van der Waals surface area contributed by atoms with E-state index in [4.69, 9.17) is 9.47 Å². The van der Waals surface area contributed by atoms with E-state index in [0.29, 0.717) is 16.5 Å². The smallest absolute Gasteiger partial charge is 0.338 e. The van der Waals surface area contributed by atoms with E-state index < -0.39 is 0 Å². The molecule has 1 aromatic heterocycles. The molecule has 0 atom stereocenters. The summed E-state index contributed by atoms with van der Waals surface area (Å²) >= 11 is 1.47. The van der Waals surface area contributed by atoms with Crippen molar-refractivity contribution >= 4 is 39.4 Å². The van der Waals surface area contributed by atoms with Gasteiger partial charge in [-0.1, -0.05) is 48.2 Å². The monoisotopic (exact) mass is 404 g/mol. The largest absolute Gasteiger partial charge is 0.497 e. The van der Waals surface area contributed by atoms with E-state index in [-0.39, 0.29) is 12.6 Å². The molecule has 1 heterocycles. The number of esters is 1. The van der Waals surface area contributed by atoms with Crippen LogP contribution >= 0.6 is 11.8 Å². The SMILES string of the molecule is COc1ccc2nc(SCCOC(=O)c3cccc4ccccc34)nc(C)c2c1. The van der Waals surface area contributed by atoms with Crippen molar-refractivity contribution in [3.63, 3.8) is 0 Å². The first kappa shape index (κ1) is 19.2. The molecule has 0 aliphatic heterocycles. The van der Waals surface area contributed by atoms with E-state index in [9.17, 15) is 4.79 Å². The van der Waals surface area contributed by atoms with Gasteiger partial charge in [0.2, 0.25) is 0 Å². The van der Waals surface area contributed by atoms with Gasteiger partial charge in [-0.15, -0.1) is 0 Å². The second kappa shape index (κ2) is 8.49. The first-order valence-corrected chi connectivity index (χ1v) is 10.2. The number of thioether (sulfide) groups is 1. The zero-order chi connectivity index (χ0) is 20.2. The van der Waals surface area contributed by atoms with Gasteiger partial charge in [0, 0.05) is 16.8 Å². The number of carbonyl (C=O) groups is 1. The van der Waals surface area contributed by atoms with E-state index in [1.54, 1.807) is 13.2 Å².